The van der Waals surface area contributed by atoms with E-state index in [4.69, 9.17) is 0 Å². The van der Waals surface area contributed by atoms with E-state index in [-0.39, 0.29) is 5.91 Å². The summed E-state index contributed by atoms with van der Waals surface area (Å²) in [6.07, 6.45) is 4.22. The topological polar surface area (TPSA) is 54.9 Å². The van der Waals surface area contributed by atoms with E-state index in [0.717, 1.165) is 22.6 Å². The predicted octanol–water partition coefficient (Wildman–Crippen LogP) is 4.33. The van der Waals surface area contributed by atoms with Gasteiger partial charge in [-0.1, -0.05) is 31.2 Å². The smallest absolute Gasteiger partial charge is 0.257 e. The van der Waals surface area contributed by atoms with Crippen molar-refractivity contribution in [2.45, 2.75) is 20.3 Å². The van der Waals surface area contributed by atoms with Crippen LogP contribution < -0.4 is 5.32 Å². The first kappa shape index (κ1) is 15.4. The second-order valence-electron chi connectivity index (χ2n) is 5.16. The molecule has 0 unspecified atom stereocenters. The fourth-order valence-corrected chi connectivity index (χ4v) is 3.12. The molecule has 4 nitrogen and oxygen atoms in total. The molecular formula is C18H17N3OS. The van der Waals surface area contributed by atoms with Gasteiger partial charge >= 0.3 is 0 Å². The van der Waals surface area contributed by atoms with Crippen molar-refractivity contribution in [1.29, 1.82) is 0 Å². The summed E-state index contributed by atoms with van der Waals surface area (Å²) >= 11 is 1.48. The number of anilines is 1. The molecule has 0 saturated carbocycles. The monoisotopic (exact) mass is 323 g/mol. The maximum atomic E-state index is 12.2. The van der Waals surface area contributed by atoms with E-state index in [1.165, 1.54) is 16.9 Å². The lowest BCUT2D eigenvalue weighted by Crippen LogP contribution is -2.11. The number of nitrogens with one attached hydrogen (secondary N) is 1. The van der Waals surface area contributed by atoms with Gasteiger partial charge in [-0.3, -0.25) is 15.1 Å². The molecular weight excluding hydrogens is 306 g/mol. The molecule has 0 atom stereocenters. The highest BCUT2D eigenvalue weighted by Crippen LogP contribution is 2.30. The first-order valence-electron chi connectivity index (χ1n) is 7.45. The normalized spacial score (nSPS) is 10.5. The molecule has 0 bridgehead atoms. The van der Waals surface area contributed by atoms with Crippen LogP contribution in [0.25, 0.3) is 11.3 Å². The molecule has 0 aliphatic carbocycles. The first-order valence-corrected chi connectivity index (χ1v) is 8.27. The first-order chi connectivity index (χ1) is 11.2. The lowest BCUT2D eigenvalue weighted by molar-refractivity contribution is 0.102. The standard InChI is InChI=1S/C18H17N3OS/c1-3-13-4-6-14(7-5-13)16-12(2)23-18(20-16)21-17(22)15-8-10-19-11-9-15/h4-11H,3H2,1-2H3,(H,20,21,22). The average molecular weight is 323 g/mol. The Morgan fingerprint density at radius 2 is 1.83 bits per heavy atom. The fourth-order valence-electron chi connectivity index (χ4n) is 2.29. The van der Waals surface area contributed by atoms with E-state index in [9.17, 15) is 4.79 Å². The van der Waals surface area contributed by atoms with Gasteiger partial charge in [0.25, 0.3) is 5.91 Å². The molecule has 116 valence electrons. The Bertz CT molecular complexity index is 810. The largest absolute Gasteiger partial charge is 0.298 e. The Morgan fingerprint density at radius 3 is 2.48 bits per heavy atom. The van der Waals surface area contributed by atoms with Gasteiger partial charge in [-0.15, -0.1) is 11.3 Å². The van der Waals surface area contributed by atoms with Gasteiger partial charge in [0, 0.05) is 28.4 Å². The molecule has 1 N–H and O–H groups in total. The second-order valence-corrected chi connectivity index (χ2v) is 6.37. The van der Waals surface area contributed by atoms with Gasteiger partial charge in [0.1, 0.15) is 0 Å². The number of aryl methyl sites for hydroxylation is 2. The summed E-state index contributed by atoms with van der Waals surface area (Å²) in [6.45, 7) is 4.15. The number of carbonyl (C=O) groups excluding carboxylic acids is 1. The molecule has 2 aromatic heterocycles. The van der Waals surface area contributed by atoms with Crippen LogP contribution in [0.3, 0.4) is 0 Å². The number of aromatic nitrogens is 2. The van der Waals surface area contributed by atoms with Crippen molar-refractivity contribution in [2.24, 2.45) is 0 Å². The number of carbonyl (C=O) groups is 1. The van der Waals surface area contributed by atoms with Gasteiger partial charge in [-0.05, 0) is 31.0 Å². The van der Waals surface area contributed by atoms with Crippen molar-refractivity contribution in [3.63, 3.8) is 0 Å². The van der Waals surface area contributed by atoms with Crippen molar-refractivity contribution >= 4 is 22.4 Å². The third-order valence-electron chi connectivity index (χ3n) is 3.60. The minimum Gasteiger partial charge on any atom is -0.298 e. The molecule has 0 radical (unpaired) electrons. The molecule has 0 aliphatic heterocycles. The minimum absolute atomic E-state index is 0.172. The maximum absolute atomic E-state index is 12.2. The number of nitrogens with zero attached hydrogens (tertiary/aromatic N) is 2. The second kappa shape index (κ2) is 6.71. The van der Waals surface area contributed by atoms with Crippen LogP contribution in [-0.4, -0.2) is 15.9 Å². The molecule has 2 heterocycles. The Kier molecular flexibility index (Phi) is 4.48. The van der Waals surface area contributed by atoms with Crippen molar-refractivity contribution in [1.82, 2.24) is 9.97 Å². The zero-order chi connectivity index (χ0) is 16.2. The number of benzene rings is 1. The zero-order valence-electron chi connectivity index (χ0n) is 13.0. The molecule has 0 fully saturated rings. The lowest BCUT2D eigenvalue weighted by atomic mass is 10.1. The maximum Gasteiger partial charge on any atom is 0.257 e. The van der Waals surface area contributed by atoms with Gasteiger partial charge in [0.05, 0.1) is 5.69 Å². The summed E-state index contributed by atoms with van der Waals surface area (Å²) in [4.78, 5) is 21.8. The summed E-state index contributed by atoms with van der Waals surface area (Å²) in [5.41, 5.74) is 3.86. The summed E-state index contributed by atoms with van der Waals surface area (Å²) in [6, 6.07) is 11.7. The van der Waals surface area contributed by atoms with Crippen LogP contribution in [0.2, 0.25) is 0 Å². The Labute approximate surface area is 139 Å². The molecule has 23 heavy (non-hydrogen) atoms. The van der Waals surface area contributed by atoms with Crippen LogP contribution in [0.4, 0.5) is 5.13 Å². The van der Waals surface area contributed by atoms with Crippen LogP contribution in [0, 0.1) is 6.92 Å². The summed E-state index contributed by atoms with van der Waals surface area (Å²) in [5.74, 6) is -0.172. The van der Waals surface area contributed by atoms with Crippen LogP contribution >= 0.6 is 11.3 Å². The molecule has 0 saturated heterocycles. The van der Waals surface area contributed by atoms with Crippen molar-refractivity contribution in [3.8, 4) is 11.3 Å². The van der Waals surface area contributed by atoms with Crippen molar-refractivity contribution in [3.05, 3.63) is 64.8 Å². The van der Waals surface area contributed by atoms with Gasteiger partial charge in [0.2, 0.25) is 0 Å². The summed E-state index contributed by atoms with van der Waals surface area (Å²) in [7, 11) is 0. The zero-order valence-corrected chi connectivity index (χ0v) is 13.9. The highest BCUT2D eigenvalue weighted by atomic mass is 32.1. The molecule has 1 aromatic carbocycles. The predicted molar refractivity (Wildman–Crippen MR) is 93.9 cm³/mol. The molecule has 5 heteroatoms. The van der Waals surface area contributed by atoms with Crippen LogP contribution in [-0.2, 0) is 6.42 Å². The quantitative estimate of drug-likeness (QED) is 0.777. The number of amides is 1. The van der Waals surface area contributed by atoms with E-state index < -0.39 is 0 Å². The summed E-state index contributed by atoms with van der Waals surface area (Å²) in [5, 5.41) is 3.46. The van der Waals surface area contributed by atoms with Crippen molar-refractivity contribution in [2.75, 3.05) is 5.32 Å². The molecule has 0 aliphatic rings. The van der Waals surface area contributed by atoms with Crippen molar-refractivity contribution < 1.29 is 4.79 Å². The third kappa shape index (κ3) is 3.46. The van der Waals surface area contributed by atoms with E-state index in [0.29, 0.717) is 10.7 Å². The average Bonchev–Trinajstić information content (AvgIpc) is 2.96. The number of rotatable bonds is 4. The molecule has 3 rings (SSSR count). The minimum atomic E-state index is -0.172. The van der Waals surface area contributed by atoms with Gasteiger partial charge in [-0.25, -0.2) is 4.98 Å². The van der Waals surface area contributed by atoms with E-state index >= 15 is 0 Å². The van der Waals surface area contributed by atoms with E-state index in [1.54, 1.807) is 24.5 Å². The number of hydrogen-bond donors (Lipinski definition) is 1. The lowest BCUT2D eigenvalue weighted by Gasteiger charge is -2.01. The summed E-state index contributed by atoms with van der Waals surface area (Å²) < 4.78 is 0. The van der Waals surface area contributed by atoms with Crippen LogP contribution in [0.15, 0.2) is 48.8 Å². The van der Waals surface area contributed by atoms with E-state index in [2.05, 4.69) is 46.5 Å². The Hall–Kier alpha value is -2.53. The Balaban J connectivity index is 1.81. The number of pyridine rings is 1. The molecule has 0 spiro atoms. The van der Waals surface area contributed by atoms with Gasteiger partial charge in [-0.2, -0.15) is 0 Å². The third-order valence-corrected chi connectivity index (χ3v) is 4.48. The van der Waals surface area contributed by atoms with Crippen LogP contribution in [0.1, 0.15) is 27.7 Å². The van der Waals surface area contributed by atoms with Crippen LogP contribution in [0.5, 0.6) is 0 Å². The number of thiazole rings is 1. The molecule has 3 aromatic rings. The van der Waals surface area contributed by atoms with Gasteiger partial charge < -0.3 is 0 Å². The highest BCUT2D eigenvalue weighted by Gasteiger charge is 2.13. The highest BCUT2D eigenvalue weighted by molar-refractivity contribution is 7.16. The fraction of sp³-hybridized carbons (Fsp3) is 0.167. The van der Waals surface area contributed by atoms with E-state index in [1.807, 2.05) is 6.92 Å². The number of hydrogen-bond acceptors (Lipinski definition) is 4. The van der Waals surface area contributed by atoms with Gasteiger partial charge in [0.15, 0.2) is 5.13 Å². The SMILES string of the molecule is CCc1ccc(-c2nc(NC(=O)c3ccncc3)sc2C)cc1. The molecule has 1 amide bonds. The Morgan fingerprint density at radius 1 is 1.13 bits per heavy atom.